The summed E-state index contributed by atoms with van der Waals surface area (Å²) in [5.74, 6) is 0.129. The lowest BCUT2D eigenvalue weighted by Gasteiger charge is -2.21. The molecule has 0 fully saturated rings. The Labute approximate surface area is 183 Å². The number of nitrogens with zero attached hydrogens (tertiary/aromatic N) is 1. The molecule has 0 saturated carbocycles. The minimum atomic E-state index is -1.05. The Morgan fingerprint density at radius 1 is 1.20 bits per heavy atom. The fourth-order valence-corrected chi connectivity index (χ4v) is 3.56. The van der Waals surface area contributed by atoms with E-state index in [0.717, 1.165) is 12.0 Å². The van der Waals surface area contributed by atoms with Crippen LogP contribution in [-0.2, 0) is 19.1 Å². The van der Waals surface area contributed by atoms with Crippen molar-refractivity contribution in [2.24, 2.45) is 11.3 Å². The molecular weight excluding hydrogens is 402 g/mol. The van der Waals surface area contributed by atoms with Crippen molar-refractivity contribution in [3.63, 3.8) is 0 Å². The molecular formula is C23H33NO5S. The Bertz CT molecular complexity index is 701. The van der Waals surface area contributed by atoms with Gasteiger partial charge in [-0.15, -0.1) is 11.8 Å². The third-order valence-corrected chi connectivity index (χ3v) is 6.03. The van der Waals surface area contributed by atoms with Crippen molar-refractivity contribution in [1.29, 1.82) is 5.26 Å². The molecule has 0 spiro atoms. The van der Waals surface area contributed by atoms with Gasteiger partial charge in [0, 0.05) is 11.7 Å². The van der Waals surface area contributed by atoms with Crippen molar-refractivity contribution in [3.8, 4) is 6.07 Å². The first-order valence-corrected chi connectivity index (χ1v) is 11.4. The van der Waals surface area contributed by atoms with E-state index in [9.17, 15) is 14.7 Å². The third-order valence-electron chi connectivity index (χ3n) is 4.95. The number of benzene rings is 1. The van der Waals surface area contributed by atoms with E-state index in [0.29, 0.717) is 12.2 Å². The molecule has 166 valence electrons. The Morgan fingerprint density at radius 3 is 2.43 bits per heavy atom. The van der Waals surface area contributed by atoms with Crippen molar-refractivity contribution in [2.75, 3.05) is 24.7 Å². The van der Waals surface area contributed by atoms with Crippen molar-refractivity contribution < 1.29 is 24.2 Å². The second-order valence-electron chi connectivity index (χ2n) is 8.06. The summed E-state index contributed by atoms with van der Waals surface area (Å²) in [6.45, 7) is 6.92. The molecule has 6 nitrogen and oxygen atoms in total. The lowest BCUT2D eigenvalue weighted by Crippen LogP contribution is -2.31. The fourth-order valence-electron chi connectivity index (χ4n) is 2.58. The van der Waals surface area contributed by atoms with E-state index in [4.69, 9.17) is 14.7 Å². The van der Waals surface area contributed by atoms with Crippen molar-refractivity contribution in [3.05, 3.63) is 35.9 Å². The van der Waals surface area contributed by atoms with E-state index in [2.05, 4.69) is 6.07 Å². The number of esters is 2. The molecule has 7 heteroatoms. The largest absolute Gasteiger partial charge is 0.462 e. The molecule has 0 aromatic heterocycles. The maximum atomic E-state index is 12.0. The van der Waals surface area contributed by atoms with Crippen LogP contribution in [0.1, 0.15) is 52.0 Å². The molecule has 3 atom stereocenters. The highest BCUT2D eigenvalue weighted by atomic mass is 32.2. The molecule has 0 aliphatic rings. The lowest BCUT2D eigenvalue weighted by molar-refractivity contribution is -0.159. The average Bonchev–Trinajstić information content (AvgIpc) is 2.75. The number of carbonyl (C=O) groups excluding carboxylic acids is 2. The third kappa shape index (κ3) is 9.64. The van der Waals surface area contributed by atoms with Gasteiger partial charge in [-0.25, -0.2) is 0 Å². The van der Waals surface area contributed by atoms with E-state index in [1.165, 1.54) is 11.8 Å². The number of hydrogen-bond donors (Lipinski definition) is 1. The molecule has 0 saturated heterocycles. The van der Waals surface area contributed by atoms with Crippen molar-refractivity contribution >= 4 is 23.7 Å². The summed E-state index contributed by atoms with van der Waals surface area (Å²) in [4.78, 5) is 23.9. The molecule has 0 heterocycles. The first-order valence-electron chi connectivity index (χ1n) is 10.2. The van der Waals surface area contributed by atoms with Crippen LogP contribution in [0.25, 0.3) is 0 Å². The van der Waals surface area contributed by atoms with Gasteiger partial charge in [-0.3, -0.25) is 9.59 Å². The SMILES string of the molecule is CCC(C)(C)C(=O)OCC(O)COC(=O)CSCC(CC(C)C#N)c1ccccc1. The molecule has 0 aliphatic heterocycles. The zero-order valence-electron chi connectivity index (χ0n) is 18.3. The van der Waals surface area contributed by atoms with Crippen molar-refractivity contribution in [2.45, 2.75) is 52.6 Å². The molecule has 0 radical (unpaired) electrons. The van der Waals surface area contributed by atoms with Crippen LogP contribution >= 0.6 is 11.8 Å². The van der Waals surface area contributed by atoms with Gasteiger partial charge in [0.05, 0.1) is 17.2 Å². The van der Waals surface area contributed by atoms with Gasteiger partial charge < -0.3 is 14.6 Å². The van der Waals surface area contributed by atoms with Gasteiger partial charge in [0.1, 0.15) is 19.3 Å². The van der Waals surface area contributed by atoms with Crippen LogP contribution in [-0.4, -0.2) is 47.9 Å². The van der Waals surface area contributed by atoms with Crippen LogP contribution in [0.3, 0.4) is 0 Å². The van der Waals surface area contributed by atoms with E-state index in [-0.39, 0.29) is 36.8 Å². The van der Waals surface area contributed by atoms with Crippen molar-refractivity contribution in [1.82, 2.24) is 0 Å². The van der Waals surface area contributed by atoms with Gasteiger partial charge in [-0.1, -0.05) is 37.3 Å². The fraction of sp³-hybridized carbons (Fsp3) is 0.609. The number of hydrogen-bond acceptors (Lipinski definition) is 7. The van der Waals surface area contributed by atoms with Crippen LogP contribution in [0.2, 0.25) is 0 Å². The molecule has 1 N–H and O–H groups in total. The predicted octanol–water partition coefficient (Wildman–Crippen LogP) is 3.94. The van der Waals surface area contributed by atoms with Gasteiger partial charge in [0.25, 0.3) is 0 Å². The standard InChI is InChI=1S/C23H33NO5S/c1-5-23(3,4)22(27)29-14-20(25)13-28-21(26)16-30-15-19(11-17(2)12-24)18-9-7-6-8-10-18/h6-10,17,19-20,25H,5,11,13-16H2,1-4H3. The maximum Gasteiger partial charge on any atom is 0.315 e. The molecule has 1 rings (SSSR count). The number of aliphatic hydroxyl groups is 1. The van der Waals surface area contributed by atoms with Gasteiger partial charge in [-0.05, 0) is 45.1 Å². The molecule has 3 unspecified atom stereocenters. The number of nitriles is 1. The summed E-state index contributed by atoms with van der Waals surface area (Å²) < 4.78 is 10.2. The van der Waals surface area contributed by atoms with Crippen LogP contribution in [0.4, 0.5) is 0 Å². The number of ether oxygens (including phenoxy) is 2. The normalized spacial score (nSPS) is 14.3. The first-order chi connectivity index (χ1) is 14.2. The number of aliphatic hydroxyl groups excluding tert-OH is 1. The number of thioether (sulfide) groups is 1. The molecule has 0 bridgehead atoms. The molecule has 0 aliphatic carbocycles. The molecule has 30 heavy (non-hydrogen) atoms. The van der Waals surface area contributed by atoms with E-state index in [1.807, 2.05) is 44.2 Å². The second-order valence-corrected chi connectivity index (χ2v) is 9.09. The maximum absolute atomic E-state index is 12.0. The molecule has 1 aromatic carbocycles. The van der Waals surface area contributed by atoms with Gasteiger partial charge in [0.2, 0.25) is 0 Å². The predicted molar refractivity (Wildman–Crippen MR) is 118 cm³/mol. The number of carbonyl (C=O) groups is 2. The summed E-state index contributed by atoms with van der Waals surface area (Å²) in [6.07, 6.45) is 0.301. The van der Waals surface area contributed by atoms with E-state index in [1.54, 1.807) is 13.8 Å². The Morgan fingerprint density at radius 2 is 1.83 bits per heavy atom. The smallest absolute Gasteiger partial charge is 0.315 e. The zero-order valence-corrected chi connectivity index (χ0v) is 19.1. The Balaban J connectivity index is 2.37. The summed E-state index contributed by atoms with van der Waals surface area (Å²) in [5, 5.41) is 19.0. The topological polar surface area (TPSA) is 96.6 Å². The summed E-state index contributed by atoms with van der Waals surface area (Å²) in [5.41, 5.74) is 0.540. The van der Waals surface area contributed by atoms with Crippen LogP contribution < -0.4 is 0 Å². The monoisotopic (exact) mass is 435 g/mol. The van der Waals surface area contributed by atoms with Crippen LogP contribution in [0.5, 0.6) is 0 Å². The lowest BCUT2D eigenvalue weighted by atomic mass is 9.91. The summed E-state index contributed by atoms with van der Waals surface area (Å²) >= 11 is 1.44. The Kier molecular flexibility index (Phi) is 11.5. The highest BCUT2D eigenvalue weighted by Gasteiger charge is 2.27. The van der Waals surface area contributed by atoms with Gasteiger partial charge in [0.15, 0.2) is 0 Å². The molecule has 1 aromatic rings. The zero-order chi connectivity index (χ0) is 22.6. The Hall–Kier alpha value is -2.04. The minimum absolute atomic E-state index is 0.0710. The average molecular weight is 436 g/mol. The van der Waals surface area contributed by atoms with Gasteiger partial charge >= 0.3 is 11.9 Å². The van der Waals surface area contributed by atoms with Gasteiger partial charge in [-0.2, -0.15) is 5.26 Å². The van der Waals surface area contributed by atoms with Crippen LogP contribution in [0, 0.1) is 22.7 Å². The second kappa shape index (κ2) is 13.3. The summed E-state index contributed by atoms with van der Waals surface area (Å²) in [6, 6.07) is 12.2. The first kappa shape index (κ1) is 26.0. The summed E-state index contributed by atoms with van der Waals surface area (Å²) in [7, 11) is 0. The highest BCUT2D eigenvalue weighted by molar-refractivity contribution is 7.99. The van der Waals surface area contributed by atoms with E-state index >= 15 is 0 Å². The number of rotatable bonds is 13. The molecule has 0 amide bonds. The van der Waals surface area contributed by atoms with E-state index < -0.39 is 17.5 Å². The van der Waals surface area contributed by atoms with Crippen LogP contribution in [0.15, 0.2) is 30.3 Å². The quantitative estimate of drug-likeness (QED) is 0.469. The minimum Gasteiger partial charge on any atom is -0.462 e. The highest BCUT2D eigenvalue weighted by Crippen LogP contribution is 2.27.